The molecule has 1 unspecified atom stereocenters. The first-order valence-corrected chi connectivity index (χ1v) is 7.51. The lowest BCUT2D eigenvalue weighted by Crippen LogP contribution is -2.39. The molecule has 19 heavy (non-hydrogen) atoms. The number of nitrogens with zero attached hydrogens (tertiary/aromatic N) is 2. The molecule has 1 saturated heterocycles. The molecule has 100 valence electrons. The molecule has 3 rings (SSSR count). The van der Waals surface area contributed by atoms with Crippen molar-refractivity contribution < 1.29 is 4.79 Å². The van der Waals surface area contributed by atoms with E-state index in [1.165, 1.54) is 0 Å². The topological polar surface area (TPSA) is 49.0 Å². The number of aryl methyl sites for hydroxylation is 1. The van der Waals surface area contributed by atoms with Gasteiger partial charge in [0.15, 0.2) is 0 Å². The summed E-state index contributed by atoms with van der Waals surface area (Å²) in [4.78, 5) is 22.0. The third kappa shape index (κ3) is 2.56. The molecule has 0 spiro atoms. The summed E-state index contributed by atoms with van der Waals surface area (Å²) in [6.07, 6.45) is 4.00. The average Bonchev–Trinajstić information content (AvgIpc) is 3.09. The van der Waals surface area contributed by atoms with Crippen molar-refractivity contribution in [3.63, 3.8) is 0 Å². The highest BCUT2D eigenvalue weighted by atomic mass is 32.1. The Hall–Kier alpha value is -1.62. The number of aromatic amines is 1. The van der Waals surface area contributed by atoms with Gasteiger partial charge in [0, 0.05) is 36.3 Å². The van der Waals surface area contributed by atoms with Gasteiger partial charge in [-0.1, -0.05) is 0 Å². The number of aromatic nitrogens is 2. The molecule has 4 nitrogen and oxygen atoms in total. The molecule has 1 aliphatic heterocycles. The quantitative estimate of drug-likeness (QED) is 0.916. The van der Waals surface area contributed by atoms with Gasteiger partial charge in [0.05, 0.1) is 5.56 Å². The Balaban J connectivity index is 1.73. The van der Waals surface area contributed by atoms with Crippen molar-refractivity contribution in [2.24, 2.45) is 0 Å². The second-order valence-corrected chi connectivity index (χ2v) is 5.83. The molecule has 1 N–H and O–H groups in total. The highest BCUT2D eigenvalue weighted by molar-refractivity contribution is 7.08. The van der Waals surface area contributed by atoms with Crippen molar-refractivity contribution in [3.8, 4) is 0 Å². The zero-order valence-corrected chi connectivity index (χ0v) is 11.7. The largest absolute Gasteiger partial charge is 0.346 e. The Labute approximate surface area is 116 Å². The third-order valence-electron chi connectivity index (χ3n) is 3.59. The van der Waals surface area contributed by atoms with Crippen LogP contribution in [0.5, 0.6) is 0 Å². The van der Waals surface area contributed by atoms with Gasteiger partial charge in [-0.15, -0.1) is 0 Å². The molecule has 3 heterocycles. The molecule has 0 aliphatic carbocycles. The number of hydrogen-bond acceptors (Lipinski definition) is 3. The van der Waals surface area contributed by atoms with Crippen molar-refractivity contribution in [1.29, 1.82) is 0 Å². The molecule has 0 radical (unpaired) electrons. The number of rotatable bonds is 2. The second-order valence-electron chi connectivity index (χ2n) is 5.05. The minimum absolute atomic E-state index is 0.147. The van der Waals surface area contributed by atoms with Crippen molar-refractivity contribution >= 4 is 17.2 Å². The number of amides is 1. The van der Waals surface area contributed by atoms with Gasteiger partial charge in [-0.05, 0) is 31.2 Å². The highest BCUT2D eigenvalue weighted by Crippen LogP contribution is 2.26. The van der Waals surface area contributed by atoms with Crippen LogP contribution < -0.4 is 0 Å². The fourth-order valence-corrected chi connectivity index (χ4v) is 3.22. The minimum atomic E-state index is 0.147. The fourth-order valence-electron chi connectivity index (χ4n) is 2.59. The summed E-state index contributed by atoms with van der Waals surface area (Å²) in [7, 11) is 0. The molecular weight excluding hydrogens is 258 g/mol. The van der Waals surface area contributed by atoms with E-state index in [1.54, 1.807) is 11.3 Å². The van der Waals surface area contributed by atoms with Crippen LogP contribution >= 0.6 is 11.3 Å². The summed E-state index contributed by atoms with van der Waals surface area (Å²) in [5.41, 5.74) is 1.89. The standard InChI is InChI=1S/C14H17N3OS/c1-10-7-15-13(16-10)11-3-2-5-17(8-11)14(18)12-4-6-19-9-12/h4,6-7,9,11H,2-3,5,8H2,1H3,(H,15,16). The molecular formula is C14H17N3OS. The zero-order valence-electron chi connectivity index (χ0n) is 10.9. The first-order chi connectivity index (χ1) is 9.24. The van der Waals surface area contributed by atoms with Crippen LogP contribution in [0.25, 0.3) is 0 Å². The number of hydrogen-bond donors (Lipinski definition) is 1. The van der Waals surface area contributed by atoms with Gasteiger partial charge in [-0.2, -0.15) is 11.3 Å². The summed E-state index contributed by atoms with van der Waals surface area (Å²) in [5.74, 6) is 1.50. The molecule has 1 aliphatic rings. The molecule has 1 amide bonds. The van der Waals surface area contributed by atoms with Gasteiger partial charge in [-0.3, -0.25) is 4.79 Å². The van der Waals surface area contributed by atoms with Gasteiger partial charge in [-0.25, -0.2) is 4.98 Å². The van der Waals surface area contributed by atoms with Gasteiger partial charge >= 0.3 is 0 Å². The summed E-state index contributed by atoms with van der Waals surface area (Å²) in [5, 5.41) is 3.87. The van der Waals surface area contributed by atoms with Crippen LogP contribution in [0.15, 0.2) is 23.0 Å². The molecule has 1 fully saturated rings. The molecule has 2 aromatic rings. The molecule has 1 atom stereocenters. The van der Waals surface area contributed by atoms with Gasteiger partial charge in [0.2, 0.25) is 0 Å². The molecule has 0 bridgehead atoms. The summed E-state index contributed by atoms with van der Waals surface area (Å²) < 4.78 is 0. The maximum Gasteiger partial charge on any atom is 0.254 e. The van der Waals surface area contributed by atoms with E-state index in [2.05, 4.69) is 9.97 Å². The Morgan fingerprint density at radius 3 is 3.16 bits per heavy atom. The summed E-state index contributed by atoms with van der Waals surface area (Å²) in [6, 6.07) is 1.90. The van der Waals surface area contributed by atoms with Crippen LogP contribution in [0, 0.1) is 6.92 Å². The smallest absolute Gasteiger partial charge is 0.254 e. The van der Waals surface area contributed by atoms with Crippen LogP contribution in [0.2, 0.25) is 0 Å². The Morgan fingerprint density at radius 1 is 1.58 bits per heavy atom. The fraction of sp³-hybridized carbons (Fsp3) is 0.429. The van der Waals surface area contributed by atoms with Crippen molar-refractivity contribution in [1.82, 2.24) is 14.9 Å². The monoisotopic (exact) mass is 275 g/mol. The molecule has 2 aromatic heterocycles. The van der Waals surface area contributed by atoms with E-state index in [0.717, 1.165) is 43.0 Å². The first-order valence-electron chi connectivity index (χ1n) is 6.57. The maximum absolute atomic E-state index is 12.3. The number of carbonyl (C=O) groups excluding carboxylic acids is 1. The van der Waals surface area contributed by atoms with E-state index in [0.29, 0.717) is 5.92 Å². The number of nitrogens with one attached hydrogen (secondary N) is 1. The maximum atomic E-state index is 12.3. The van der Waals surface area contributed by atoms with Crippen LogP contribution in [0.3, 0.4) is 0 Å². The minimum Gasteiger partial charge on any atom is -0.346 e. The third-order valence-corrected chi connectivity index (χ3v) is 4.27. The summed E-state index contributed by atoms with van der Waals surface area (Å²) in [6.45, 7) is 3.63. The van der Waals surface area contributed by atoms with E-state index in [1.807, 2.05) is 34.8 Å². The van der Waals surface area contributed by atoms with Crippen molar-refractivity contribution in [2.75, 3.05) is 13.1 Å². The molecule has 0 aromatic carbocycles. The van der Waals surface area contributed by atoms with E-state index in [4.69, 9.17) is 0 Å². The van der Waals surface area contributed by atoms with E-state index < -0.39 is 0 Å². The Kier molecular flexibility index (Phi) is 3.38. The number of carbonyl (C=O) groups is 1. The Bertz CT molecular complexity index is 561. The highest BCUT2D eigenvalue weighted by Gasteiger charge is 2.27. The normalized spacial score (nSPS) is 19.6. The Morgan fingerprint density at radius 2 is 2.47 bits per heavy atom. The number of likely N-dealkylation sites (tertiary alicyclic amines) is 1. The average molecular weight is 275 g/mol. The lowest BCUT2D eigenvalue weighted by atomic mass is 9.97. The van der Waals surface area contributed by atoms with Gasteiger partial charge in [0.1, 0.15) is 5.82 Å². The first kappa shape index (κ1) is 12.4. The predicted molar refractivity (Wildman–Crippen MR) is 75.5 cm³/mol. The van der Waals surface area contributed by atoms with Gasteiger partial charge < -0.3 is 9.88 Å². The number of imidazole rings is 1. The second kappa shape index (κ2) is 5.17. The molecule has 5 heteroatoms. The van der Waals surface area contributed by atoms with Crippen LogP contribution in [0.4, 0.5) is 0 Å². The number of H-pyrrole nitrogens is 1. The number of piperidine rings is 1. The van der Waals surface area contributed by atoms with Gasteiger partial charge in [0.25, 0.3) is 5.91 Å². The van der Waals surface area contributed by atoms with Crippen molar-refractivity contribution in [2.45, 2.75) is 25.7 Å². The van der Waals surface area contributed by atoms with Crippen LogP contribution in [-0.4, -0.2) is 33.9 Å². The lowest BCUT2D eigenvalue weighted by molar-refractivity contribution is 0.0705. The van der Waals surface area contributed by atoms with E-state index in [9.17, 15) is 4.79 Å². The lowest BCUT2D eigenvalue weighted by Gasteiger charge is -2.31. The predicted octanol–water partition coefficient (Wildman–Crippen LogP) is 2.80. The number of thiophene rings is 1. The zero-order chi connectivity index (χ0) is 13.2. The molecule has 0 saturated carbocycles. The van der Waals surface area contributed by atoms with E-state index in [-0.39, 0.29) is 5.91 Å². The summed E-state index contributed by atoms with van der Waals surface area (Å²) >= 11 is 1.57. The van der Waals surface area contributed by atoms with Crippen LogP contribution in [0.1, 0.15) is 40.6 Å². The van der Waals surface area contributed by atoms with Crippen molar-refractivity contribution in [3.05, 3.63) is 40.1 Å². The van der Waals surface area contributed by atoms with E-state index >= 15 is 0 Å². The van der Waals surface area contributed by atoms with Crippen LogP contribution in [-0.2, 0) is 0 Å². The SMILES string of the molecule is Cc1cnc(C2CCCN(C(=O)c3ccsc3)C2)[nH]1.